The summed E-state index contributed by atoms with van der Waals surface area (Å²) in [6.45, 7) is 5.95. The molecule has 6 nitrogen and oxygen atoms in total. The molecule has 0 aliphatic rings. The predicted molar refractivity (Wildman–Crippen MR) is 85.2 cm³/mol. The Bertz CT molecular complexity index is 729. The van der Waals surface area contributed by atoms with E-state index < -0.39 is 10.0 Å². The van der Waals surface area contributed by atoms with Crippen LogP contribution in [0.4, 0.5) is 0 Å². The Kier molecular flexibility index (Phi) is 5.20. The molecule has 1 unspecified atom stereocenters. The minimum absolute atomic E-state index is 0.0836. The second-order valence-corrected chi connectivity index (χ2v) is 7.51. The fourth-order valence-corrected chi connectivity index (χ4v) is 3.91. The molecule has 0 spiro atoms. The van der Waals surface area contributed by atoms with Gasteiger partial charge in [-0.15, -0.1) is 0 Å². The fourth-order valence-electron chi connectivity index (χ4n) is 2.04. The van der Waals surface area contributed by atoms with Crippen LogP contribution in [0.15, 0.2) is 35.5 Å². The maximum Gasteiger partial charge on any atom is 0.241 e. The van der Waals surface area contributed by atoms with Crippen molar-refractivity contribution < 1.29 is 8.42 Å². The van der Waals surface area contributed by atoms with Gasteiger partial charge in [0.2, 0.25) is 10.0 Å². The molecule has 0 amide bonds. The zero-order valence-electron chi connectivity index (χ0n) is 12.7. The van der Waals surface area contributed by atoms with E-state index in [2.05, 4.69) is 14.9 Å². The lowest BCUT2D eigenvalue weighted by molar-refractivity contribution is 0.361. The molecule has 2 rings (SSSR count). The first-order chi connectivity index (χ1) is 10.3. The summed E-state index contributed by atoms with van der Waals surface area (Å²) in [5.41, 5.74) is 0.538. The second kappa shape index (κ2) is 6.76. The minimum Gasteiger partial charge on any atom is -0.207 e. The number of rotatable bonds is 6. The molecule has 1 aromatic heterocycles. The minimum atomic E-state index is -3.66. The van der Waals surface area contributed by atoms with Crippen LogP contribution in [-0.2, 0) is 16.6 Å². The molecule has 8 heteroatoms. The SMILES string of the molecule is Cc1c(Cl)cccc1S(=O)(=O)NC(Cn1nccn1)C(C)C. The number of benzene rings is 1. The lowest BCUT2D eigenvalue weighted by atomic mass is 10.1. The molecule has 0 fully saturated rings. The molecular formula is C14H19ClN4O2S. The highest BCUT2D eigenvalue weighted by Gasteiger charge is 2.25. The van der Waals surface area contributed by atoms with E-state index in [-0.39, 0.29) is 16.9 Å². The summed E-state index contributed by atoms with van der Waals surface area (Å²) in [5.74, 6) is 0.0836. The standard InChI is InChI=1S/C14H19ClN4O2S/c1-10(2)13(9-19-16-7-8-17-19)18-22(20,21)14-6-4-5-12(15)11(14)3/h4-8,10,13,18H,9H2,1-3H3. The van der Waals surface area contributed by atoms with Crippen LogP contribution in [0.25, 0.3) is 0 Å². The van der Waals surface area contributed by atoms with E-state index in [4.69, 9.17) is 11.6 Å². The van der Waals surface area contributed by atoms with Gasteiger partial charge in [0, 0.05) is 11.1 Å². The monoisotopic (exact) mass is 342 g/mol. The summed E-state index contributed by atoms with van der Waals surface area (Å²) in [4.78, 5) is 1.66. The Morgan fingerprint density at radius 1 is 1.27 bits per heavy atom. The third-order valence-electron chi connectivity index (χ3n) is 3.45. The number of nitrogens with zero attached hydrogens (tertiary/aromatic N) is 3. The average Bonchev–Trinajstić information content (AvgIpc) is 2.93. The zero-order valence-corrected chi connectivity index (χ0v) is 14.3. The number of hydrogen-bond donors (Lipinski definition) is 1. The molecule has 22 heavy (non-hydrogen) atoms. The van der Waals surface area contributed by atoms with Crippen LogP contribution >= 0.6 is 11.6 Å². The van der Waals surface area contributed by atoms with Crippen molar-refractivity contribution in [3.63, 3.8) is 0 Å². The summed E-state index contributed by atoms with van der Waals surface area (Å²) >= 11 is 6.02. The molecule has 0 radical (unpaired) electrons. The summed E-state index contributed by atoms with van der Waals surface area (Å²) in [6, 6.07) is 4.52. The number of aromatic nitrogens is 3. The maximum absolute atomic E-state index is 12.6. The van der Waals surface area contributed by atoms with Gasteiger partial charge in [0.1, 0.15) is 0 Å². The van der Waals surface area contributed by atoms with Gasteiger partial charge in [-0.05, 0) is 30.5 Å². The summed E-state index contributed by atoms with van der Waals surface area (Å²) in [7, 11) is -3.66. The first-order valence-electron chi connectivity index (χ1n) is 6.93. The molecule has 0 saturated heterocycles. The molecule has 0 aliphatic heterocycles. The van der Waals surface area contributed by atoms with E-state index in [9.17, 15) is 8.42 Å². The number of hydrogen-bond acceptors (Lipinski definition) is 4. The van der Waals surface area contributed by atoms with Crippen LogP contribution in [0.2, 0.25) is 5.02 Å². The molecule has 1 heterocycles. The van der Waals surface area contributed by atoms with E-state index in [1.54, 1.807) is 37.5 Å². The van der Waals surface area contributed by atoms with E-state index in [1.165, 1.54) is 4.80 Å². The molecular weight excluding hydrogens is 324 g/mol. The van der Waals surface area contributed by atoms with E-state index in [0.717, 1.165) is 0 Å². The Labute approximate surface area is 135 Å². The van der Waals surface area contributed by atoms with Crippen LogP contribution in [0.5, 0.6) is 0 Å². The van der Waals surface area contributed by atoms with Crippen LogP contribution in [0.3, 0.4) is 0 Å². The van der Waals surface area contributed by atoms with Crippen molar-refractivity contribution >= 4 is 21.6 Å². The van der Waals surface area contributed by atoms with Gasteiger partial charge in [-0.2, -0.15) is 15.0 Å². The largest absolute Gasteiger partial charge is 0.241 e. The Morgan fingerprint density at radius 2 is 1.91 bits per heavy atom. The van der Waals surface area contributed by atoms with Crippen LogP contribution < -0.4 is 4.72 Å². The lowest BCUT2D eigenvalue weighted by Crippen LogP contribution is -2.42. The Morgan fingerprint density at radius 3 is 2.50 bits per heavy atom. The van der Waals surface area contributed by atoms with Crippen molar-refractivity contribution in [1.29, 1.82) is 0 Å². The van der Waals surface area contributed by atoms with Crippen molar-refractivity contribution in [2.24, 2.45) is 5.92 Å². The van der Waals surface area contributed by atoms with Crippen molar-refractivity contribution in [3.8, 4) is 0 Å². The van der Waals surface area contributed by atoms with E-state index >= 15 is 0 Å². The molecule has 0 saturated carbocycles. The molecule has 0 aliphatic carbocycles. The predicted octanol–water partition coefficient (Wildman–Crippen LogP) is 2.24. The molecule has 1 aromatic carbocycles. The average molecular weight is 343 g/mol. The van der Waals surface area contributed by atoms with Crippen LogP contribution in [-0.4, -0.2) is 29.5 Å². The highest BCUT2D eigenvalue weighted by molar-refractivity contribution is 7.89. The van der Waals surface area contributed by atoms with Crippen LogP contribution in [0.1, 0.15) is 19.4 Å². The first kappa shape index (κ1) is 16.9. The molecule has 2 aromatic rings. The van der Waals surface area contributed by atoms with Crippen molar-refractivity contribution in [1.82, 2.24) is 19.7 Å². The molecule has 0 bridgehead atoms. The van der Waals surface area contributed by atoms with Gasteiger partial charge in [0.15, 0.2) is 0 Å². The second-order valence-electron chi connectivity index (χ2n) is 5.42. The summed E-state index contributed by atoms with van der Waals surface area (Å²) in [6.07, 6.45) is 3.13. The lowest BCUT2D eigenvalue weighted by Gasteiger charge is -2.22. The third kappa shape index (κ3) is 3.85. The van der Waals surface area contributed by atoms with E-state index in [1.807, 2.05) is 13.8 Å². The van der Waals surface area contributed by atoms with Crippen molar-refractivity contribution in [3.05, 3.63) is 41.2 Å². The summed E-state index contributed by atoms with van der Waals surface area (Å²) < 4.78 is 28.0. The zero-order chi connectivity index (χ0) is 16.3. The third-order valence-corrected chi connectivity index (χ3v) is 5.49. The summed E-state index contributed by atoms with van der Waals surface area (Å²) in [5, 5.41) is 8.47. The van der Waals surface area contributed by atoms with Gasteiger partial charge < -0.3 is 0 Å². The Hall–Kier alpha value is -1.44. The quantitative estimate of drug-likeness (QED) is 0.873. The molecule has 1 N–H and O–H groups in total. The molecule has 120 valence electrons. The van der Waals surface area contributed by atoms with Crippen LogP contribution in [0, 0.1) is 12.8 Å². The smallest absolute Gasteiger partial charge is 0.207 e. The fraction of sp³-hybridized carbons (Fsp3) is 0.429. The normalized spacial score (nSPS) is 13.5. The highest BCUT2D eigenvalue weighted by atomic mass is 35.5. The van der Waals surface area contributed by atoms with Crippen molar-refractivity contribution in [2.75, 3.05) is 0 Å². The number of nitrogens with one attached hydrogen (secondary N) is 1. The van der Waals surface area contributed by atoms with Gasteiger partial charge >= 0.3 is 0 Å². The Balaban J connectivity index is 2.26. The van der Waals surface area contributed by atoms with Crippen molar-refractivity contribution in [2.45, 2.75) is 38.3 Å². The van der Waals surface area contributed by atoms with Gasteiger partial charge in [-0.25, -0.2) is 13.1 Å². The van der Waals surface area contributed by atoms with Gasteiger partial charge in [-0.1, -0.05) is 31.5 Å². The van der Waals surface area contributed by atoms with Gasteiger partial charge in [0.05, 0.1) is 23.8 Å². The maximum atomic E-state index is 12.6. The topological polar surface area (TPSA) is 76.9 Å². The van der Waals surface area contributed by atoms with Gasteiger partial charge in [0.25, 0.3) is 0 Å². The first-order valence-corrected chi connectivity index (χ1v) is 8.79. The highest BCUT2D eigenvalue weighted by Crippen LogP contribution is 2.23. The van der Waals surface area contributed by atoms with Gasteiger partial charge in [-0.3, -0.25) is 0 Å². The van der Waals surface area contributed by atoms with E-state index in [0.29, 0.717) is 17.1 Å². The number of halogens is 1. The molecule has 1 atom stereocenters. The number of sulfonamides is 1.